The molecule has 24 heavy (non-hydrogen) atoms. The number of hydrogen-bond acceptors (Lipinski definition) is 5. The van der Waals surface area contributed by atoms with Crippen molar-refractivity contribution in [1.29, 1.82) is 5.26 Å². The van der Waals surface area contributed by atoms with E-state index in [0.717, 1.165) is 0 Å². The third-order valence-electron chi connectivity index (χ3n) is 3.25. The number of carbonyl (C=O) groups is 1. The molecule has 0 unspecified atom stereocenters. The Morgan fingerprint density at radius 3 is 2.79 bits per heavy atom. The highest BCUT2D eigenvalue weighted by Crippen LogP contribution is 2.28. The van der Waals surface area contributed by atoms with Gasteiger partial charge in [-0.15, -0.1) is 0 Å². The molecule has 0 aliphatic carbocycles. The van der Waals surface area contributed by atoms with Crippen molar-refractivity contribution in [2.24, 2.45) is 5.92 Å². The molecule has 5 heteroatoms. The Hall–Kier alpha value is -2.87. The molecule has 0 saturated carbocycles. The smallest absolute Gasteiger partial charge is 0.340 e. The highest BCUT2D eigenvalue weighted by Gasteiger charge is 2.16. The molecule has 0 saturated heterocycles. The molecule has 5 nitrogen and oxygen atoms in total. The van der Waals surface area contributed by atoms with Gasteiger partial charge in [-0.25, -0.2) is 4.79 Å². The summed E-state index contributed by atoms with van der Waals surface area (Å²) < 4.78 is 10.7. The maximum Gasteiger partial charge on any atom is 0.340 e. The van der Waals surface area contributed by atoms with Crippen LogP contribution >= 0.6 is 0 Å². The van der Waals surface area contributed by atoms with E-state index >= 15 is 0 Å². The fraction of sp³-hybridized carbons (Fsp3) is 0.316. The second kappa shape index (κ2) is 8.11. The van der Waals surface area contributed by atoms with Gasteiger partial charge in [0.1, 0.15) is 11.8 Å². The number of hydrogen-bond donors (Lipinski definition) is 0. The van der Waals surface area contributed by atoms with Gasteiger partial charge in [0.15, 0.2) is 0 Å². The van der Waals surface area contributed by atoms with Crippen LogP contribution in [0.5, 0.6) is 5.75 Å². The summed E-state index contributed by atoms with van der Waals surface area (Å²) in [5.41, 5.74) is 1.95. The van der Waals surface area contributed by atoms with E-state index in [0.29, 0.717) is 47.3 Å². The SMILES string of the molecule is CCOC(=O)c1cccnc1-c1ccc(OCC(C)C)c(C#N)c1. The first-order chi connectivity index (χ1) is 11.6. The van der Waals surface area contributed by atoms with Crippen LogP contribution in [0.15, 0.2) is 36.5 Å². The van der Waals surface area contributed by atoms with Crippen molar-refractivity contribution in [2.45, 2.75) is 20.8 Å². The lowest BCUT2D eigenvalue weighted by Gasteiger charge is -2.12. The number of aromatic nitrogens is 1. The van der Waals surface area contributed by atoms with E-state index in [9.17, 15) is 10.1 Å². The van der Waals surface area contributed by atoms with Gasteiger partial charge in [-0.1, -0.05) is 13.8 Å². The number of benzene rings is 1. The maximum absolute atomic E-state index is 12.1. The summed E-state index contributed by atoms with van der Waals surface area (Å²) in [4.78, 5) is 16.4. The summed E-state index contributed by atoms with van der Waals surface area (Å²) in [5.74, 6) is 0.463. The lowest BCUT2D eigenvalue weighted by molar-refractivity contribution is 0.0527. The van der Waals surface area contributed by atoms with E-state index < -0.39 is 5.97 Å². The molecule has 0 spiro atoms. The molecular formula is C19H20N2O3. The molecule has 0 aliphatic rings. The Balaban J connectivity index is 2.40. The van der Waals surface area contributed by atoms with Crippen LogP contribution in [-0.4, -0.2) is 24.2 Å². The van der Waals surface area contributed by atoms with E-state index in [2.05, 4.69) is 11.1 Å². The van der Waals surface area contributed by atoms with Gasteiger partial charge < -0.3 is 9.47 Å². The quantitative estimate of drug-likeness (QED) is 0.755. The number of nitrogens with zero attached hydrogens (tertiary/aromatic N) is 2. The van der Waals surface area contributed by atoms with Crippen LogP contribution in [0.2, 0.25) is 0 Å². The summed E-state index contributed by atoms with van der Waals surface area (Å²) in [6.45, 7) is 6.66. The monoisotopic (exact) mass is 324 g/mol. The van der Waals surface area contributed by atoms with Crippen molar-refractivity contribution in [3.63, 3.8) is 0 Å². The molecule has 1 heterocycles. The third-order valence-corrected chi connectivity index (χ3v) is 3.25. The van der Waals surface area contributed by atoms with Gasteiger partial charge in [0, 0.05) is 11.8 Å². The molecule has 2 aromatic rings. The first kappa shape index (κ1) is 17.5. The molecule has 0 fully saturated rings. The predicted octanol–water partition coefficient (Wildman–Crippen LogP) is 3.83. The summed E-state index contributed by atoms with van der Waals surface area (Å²) in [5, 5.41) is 9.38. The number of rotatable bonds is 6. The van der Waals surface area contributed by atoms with Crippen LogP contribution < -0.4 is 4.74 Å². The molecule has 2 rings (SSSR count). The van der Waals surface area contributed by atoms with Gasteiger partial charge in [-0.3, -0.25) is 4.98 Å². The van der Waals surface area contributed by atoms with Crippen LogP contribution in [0, 0.1) is 17.2 Å². The third kappa shape index (κ3) is 4.11. The molecule has 124 valence electrons. The van der Waals surface area contributed by atoms with Crippen molar-refractivity contribution >= 4 is 5.97 Å². The first-order valence-electron chi connectivity index (χ1n) is 7.86. The van der Waals surface area contributed by atoms with E-state index in [1.165, 1.54) is 0 Å². The number of ether oxygens (including phenoxy) is 2. The van der Waals surface area contributed by atoms with Crippen LogP contribution in [0.4, 0.5) is 0 Å². The Morgan fingerprint density at radius 1 is 1.33 bits per heavy atom. The number of pyridine rings is 1. The zero-order chi connectivity index (χ0) is 17.5. The molecule has 0 aliphatic heterocycles. The Bertz CT molecular complexity index is 763. The van der Waals surface area contributed by atoms with Crippen LogP contribution in [0.1, 0.15) is 36.7 Å². The van der Waals surface area contributed by atoms with Crippen LogP contribution in [0.25, 0.3) is 11.3 Å². The molecule has 1 aromatic heterocycles. The number of carbonyl (C=O) groups excluding carboxylic acids is 1. The fourth-order valence-electron chi connectivity index (χ4n) is 2.16. The van der Waals surface area contributed by atoms with E-state index in [-0.39, 0.29) is 0 Å². The summed E-state index contributed by atoms with van der Waals surface area (Å²) >= 11 is 0. The molecule has 0 N–H and O–H groups in total. The molecule has 0 bridgehead atoms. The topological polar surface area (TPSA) is 72.2 Å². The Labute approximate surface area is 141 Å². The van der Waals surface area contributed by atoms with Crippen LogP contribution in [-0.2, 0) is 4.74 Å². The van der Waals surface area contributed by atoms with E-state index in [1.54, 1.807) is 43.5 Å². The zero-order valence-electron chi connectivity index (χ0n) is 14.1. The predicted molar refractivity (Wildman–Crippen MR) is 90.7 cm³/mol. The molecule has 0 atom stereocenters. The highest BCUT2D eigenvalue weighted by atomic mass is 16.5. The van der Waals surface area contributed by atoms with E-state index in [1.807, 2.05) is 13.8 Å². The maximum atomic E-state index is 12.1. The minimum absolute atomic E-state index is 0.290. The van der Waals surface area contributed by atoms with Gasteiger partial charge in [0.2, 0.25) is 0 Å². The normalized spacial score (nSPS) is 10.3. The van der Waals surface area contributed by atoms with Crippen molar-refractivity contribution < 1.29 is 14.3 Å². The first-order valence-corrected chi connectivity index (χ1v) is 7.86. The van der Waals surface area contributed by atoms with Gasteiger partial charge in [0.05, 0.1) is 30.0 Å². The average Bonchev–Trinajstić information content (AvgIpc) is 2.60. The second-order valence-corrected chi connectivity index (χ2v) is 5.65. The lowest BCUT2D eigenvalue weighted by Crippen LogP contribution is -2.08. The van der Waals surface area contributed by atoms with Crippen molar-refractivity contribution in [3.05, 3.63) is 47.7 Å². The summed E-state index contributed by atoms with van der Waals surface area (Å²) in [6, 6.07) is 10.7. The minimum atomic E-state index is -0.431. The largest absolute Gasteiger partial charge is 0.492 e. The van der Waals surface area contributed by atoms with Crippen molar-refractivity contribution in [3.8, 4) is 23.1 Å². The fourth-order valence-corrected chi connectivity index (χ4v) is 2.16. The van der Waals surface area contributed by atoms with Gasteiger partial charge in [-0.05, 0) is 43.2 Å². The highest BCUT2D eigenvalue weighted by molar-refractivity contribution is 5.96. The molecule has 1 aromatic carbocycles. The minimum Gasteiger partial charge on any atom is -0.492 e. The molecule has 0 radical (unpaired) electrons. The molecular weight excluding hydrogens is 304 g/mol. The van der Waals surface area contributed by atoms with Crippen LogP contribution in [0.3, 0.4) is 0 Å². The standard InChI is InChI=1S/C19H20N2O3/c1-4-23-19(22)16-6-5-9-21-18(16)14-7-8-17(15(10-14)11-20)24-12-13(2)3/h5-10,13H,4,12H2,1-3H3. The van der Waals surface area contributed by atoms with Gasteiger partial charge in [0.25, 0.3) is 0 Å². The van der Waals surface area contributed by atoms with Gasteiger partial charge in [-0.2, -0.15) is 5.26 Å². The Morgan fingerprint density at radius 2 is 2.12 bits per heavy atom. The summed E-state index contributed by atoms with van der Waals surface area (Å²) in [7, 11) is 0. The lowest BCUT2D eigenvalue weighted by atomic mass is 10.0. The average molecular weight is 324 g/mol. The zero-order valence-corrected chi connectivity index (χ0v) is 14.1. The van der Waals surface area contributed by atoms with Gasteiger partial charge >= 0.3 is 5.97 Å². The second-order valence-electron chi connectivity index (χ2n) is 5.65. The number of esters is 1. The van der Waals surface area contributed by atoms with Crippen molar-refractivity contribution in [1.82, 2.24) is 4.98 Å². The van der Waals surface area contributed by atoms with Crippen molar-refractivity contribution in [2.75, 3.05) is 13.2 Å². The Kier molecular flexibility index (Phi) is 5.91. The molecule has 0 amide bonds. The summed E-state index contributed by atoms with van der Waals surface area (Å²) in [6.07, 6.45) is 1.60. The number of nitriles is 1. The van der Waals surface area contributed by atoms with E-state index in [4.69, 9.17) is 9.47 Å².